The maximum absolute atomic E-state index is 5.45. The van der Waals surface area contributed by atoms with Crippen LogP contribution in [0, 0.1) is 12.3 Å². The average molecular weight is 249 g/mol. The van der Waals surface area contributed by atoms with E-state index in [2.05, 4.69) is 21.5 Å². The van der Waals surface area contributed by atoms with Crippen molar-refractivity contribution in [3.05, 3.63) is 24.2 Å². The van der Waals surface area contributed by atoms with E-state index in [1.165, 1.54) is 0 Å². The van der Waals surface area contributed by atoms with Crippen LogP contribution < -0.4 is 10.6 Å². The van der Waals surface area contributed by atoms with Crippen LogP contribution in [0.4, 0.5) is 0 Å². The van der Waals surface area contributed by atoms with Crippen molar-refractivity contribution in [1.29, 1.82) is 0 Å². The standard InChI is InChI=1S/C13H19N3O2/c1-3-7-15-13(14-2)16-8-5-9-17-11-12-6-4-10-18-12/h1,4,6,10H,5,7-9,11H2,2H3,(H2,14,15,16). The van der Waals surface area contributed by atoms with E-state index in [1.54, 1.807) is 13.3 Å². The fourth-order valence-corrected chi connectivity index (χ4v) is 1.30. The summed E-state index contributed by atoms with van der Waals surface area (Å²) in [6.45, 7) is 2.42. The number of hydrogen-bond donors (Lipinski definition) is 2. The normalized spacial score (nSPS) is 11.0. The van der Waals surface area contributed by atoms with E-state index in [1.807, 2.05) is 12.1 Å². The first kappa shape index (κ1) is 14.1. The summed E-state index contributed by atoms with van der Waals surface area (Å²) in [7, 11) is 1.71. The topological polar surface area (TPSA) is 58.8 Å². The van der Waals surface area contributed by atoms with Crippen LogP contribution in [0.2, 0.25) is 0 Å². The third-order valence-corrected chi connectivity index (χ3v) is 2.16. The van der Waals surface area contributed by atoms with Gasteiger partial charge in [0, 0.05) is 20.2 Å². The molecule has 1 aromatic rings. The molecule has 2 N–H and O–H groups in total. The van der Waals surface area contributed by atoms with Crippen LogP contribution in [-0.4, -0.2) is 32.7 Å². The number of nitrogens with zero attached hydrogens (tertiary/aromatic N) is 1. The highest BCUT2D eigenvalue weighted by Crippen LogP contribution is 2.01. The molecule has 0 aliphatic carbocycles. The number of rotatable bonds is 7. The fourth-order valence-electron chi connectivity index (χ4n) is 1.30. The van der Waals surface area contributed by atoms with Crippen LogP contribution in [0.1, 0.15) is 12.2 Å². The zero-order chi connectivity index (χ0) is 13.1. The smallest absolute Gasteiger partial charge is 0.191 e. The first-order chi connectivity index (χ1) is 8.86. The second-order valence-electron chi connectivity index (χ2n) is 3.54. The summed E-state index contributed by atoms with van der Waals surface area (Å²) in [6.07, 6.45) is 7.67. The van der Waals surface area contributed by atoms with Crippen molar-refractivity contribution in [2.45, 2.75) is 13.0 Å². The van der Waals surface area contributed by atoms with E-state index < -0.39 is 0 Å². The molecule has 0 fully saturated rings. The van der Waals surface area contributed by atoms with E-state index in [4.69, 9.17) is 15.6 Å². The quantitative estimate of drug-likeness (QED) is 0.327. The van der Waals surface area contributed by atoms with Crippen molar-refractivity contribution >= 4 is 5.96 Å². The summed E-state index contributed by atoms with van der Waals surface area (Å²) in [4.78, 5) is 4.03. The Balaban J connectivity index is 1.99. The molecule has 0 atom stereocenters. The van der Waals surface area contributed by atoms with Gasteiger partial charge in [-0.1, -0.05) is 5.92 Å². The van der Waals surface area contributed by atoms with Crippen molar-refractivity contribution in [1.82, 2.24) is 10.6 Å². The Morgan fingerprint density at radius 3 is 3.11 bits per heavy atom. The van der Waals surface area contributed by atoms with Gasteiger partial charge >= 0.3 is 0 Å². The summed E-state index contributed by atoms with van der Waals surface area (Å²) in [5.41, 5.74) is 0. The lowest BCUT2D eigenvalue weighted by molar-refractivity contribution is 0.105. The van der Waals surface area contributed by atoms with E-state index in [0.717, 1.165) is 18.7 Å². The number of terminal acetylenes is 1. The Morgan fingerprint density at radius 2 is 2.44 bits per heavy atom. The molecule has 0 bridgehead atoms. The molecule has 5 heteroatoms. The number of furan rings is 1. The first-order valence-corrected chi connectivity index (χ1v) is 5.85. The third kappa shape index (κ3) is 5.97. The SMILES string of the molecule is C#CCNC(=NC)NCCCOCc1ccco1. The van der Waals surface area contributed by atoms with Crippen molar-refractivity contribution in [3.8, 4) is 12.3 Å². The highest BCUT2D eigenvalue weighted by Gasteiger charge is 1.97. The van der Waals surface area contributed by atoms with Gasteiger partial charge in [-0.05, 0) is 18.6 Å². The molecule has 0 unspecified atom stereocenters. The molecule has 0 radical (unpaired) electrons. The van der Waals surface area contributed by atoms with Crippen LogP contribution >= 0.6 is 0 Å². The zero-order valence-corrected chi connectivity index (χ0v) is 10.6. The molecular formula is C13H19N3O2. The molecule has 0 saturated carbocycles. The van der Waals surface area contributed by atoms with Crippen LogP contribution in [-0.2, 0) is 11.3 Å². The maximum Gasteiger partial charge on any atom is 0.191 e. The minimum atomic E-state index is 0.467. The van der Waals surface area contributed by atoms with Crippen LogP contribution in [0.3, 0.4) is 0 Å². The van der Waals surface area contributed by atoms with Gasteiger partial charge in [0.1, 0.15) is 12.4 Å². The Kier molecular flexibility index (Phi) is 7.17. The highest BCUT2D eigenvalue weighted by atomic mass is 16.5. The van der Waals surface area contributed by atoms with E-state index in [-0.39, 0.29) is 0 Å². The molecule has 1 heterocycles. The fraction of sp³-hybridized carbons (Fsp3) is 0.462. The lowest BCUT2D eigenvalue weighted by Crippen LogP contribution is -2.38. The molecule has 98 valence electrons. The van der Waals surface area contributed by atoms with Gasteiger partial charge < -0.3 is 19.8 Å². The van der Waals surface area contributed by atoms with Gasteiger partial charge in [0.05, 0.1) is 12.8 Å². The molecule has 1 rings (SSSR count). The Labute approximate surface area is 108 Å². The van der Waals surface area contributed by atoms with Gasteiger partial charge in [-0.2, -0.15) is 0 Å². The monoisotopic (exact) mass is 249 g/mol. The third-order valence-electron chi connectivity index (χ3n) is 2.16. The Morgan fingerprint density at radius 1 is 1.56 bits per heavy atom. The molecule has 0 spiro atoms. The zero-order valence-electron chi connectivity index (χ0n) is 10.6. The molecule has 0 aromatic carbocycles. The minimum Gasteiger partial charge on any atom is -0.467 e. The van der Waals surface area contributed by atoms with E-state index in [9.17, 15) is 0 Å². The summed E-state index contributed by atoms with van der Waals surface area (Å²) in [5.74, 6) is 4.04. The summed E-state index contributed by atoms with van der Waals surface area (Å²) >= 11 is 0. The predicted molar refractivity (Wildman–Crippen MR) is 71.2 cm³/mol. The molecule has 0 aliphatic rings. The maximum atomic E-state index is 5.45. The summed E-state index contributed by atoms with van der Waals surface area (Å²) < 4.78 is 10.6. The Hall–Kier alpha value is -1.93. The summed E-state index contributed by atoms with van der Waals surface area (Å²) in [5, 5.41) is 6.12. The molecule has 18 heavy (non-hydrogen) atoms. The van der Waals surface area contributed by atoms with Crippen LogP contribution in [0.25, 0.3) is 0 Å². The first-order valence-electron chi connectivity index (χ1n) is 5.85. The Bertz CT molecular complexity index is 379. The molecule has 5 nitrogen and oxygen atoms in total. The van der Waals surface area contributed by atoms with Gasteiger partial charge in [-0.25, -0.2) is 0 Å². The number of guanidine groups is 1. The van der Waals surface area contributed by atoms with Gasteiger partial charge in [0.2, 0.25) is 0 Å². The van der Waals surface area contributed by atoms with Gasteiger partial charge in [-0.3, -0.25) is 4.99 Å². The van der Waals surface area contributed by atoms with Crippen LogP contribution in [0.5, 0.6) is 0 Å². The molecule has 1 aromatic heterocycles. The van der Waals surface area contributed by atoms with Gasteiger partial charge in [0.15, 0.2) is 5.96 Å². The predicted octanol–water partition coefficient (Wildman–Crippen LogP) is 0.984. The average Bonchev–Trinajstić information content (AvgIpc) is 2.90. The minimum absolute atomic E-state index is 0.467. The largest absolute Gasteiger partial charge is 0.467 e. The molecule has 0 aliphatic heterocycles. The second kappa shape index (κ2) is 9.14. The van der Waals surface area contributed by atoms with E-state index in [0.29, 0.717) is 25.7 Å². The van der Waals surface area contributed by atoms with Crippen LogP contribution in [0.15, 0.2) is 27.8 Å². The molecular weight excluding hydrogens is 230 g/mol. The van der Waals surface area contributed by atoms with E-state index >= 15 is 0 Å². The van der Waals surface area contributed by atoms with Crippen molar-refractivity contribution in [3.63, 3.8) is 0 Å². The van der Waals surface area contributed by atoms with Gasteiger partial charge in [0.25, 0.3) is 0 Å². The lowest BCUT2D eigenvalue weighted by atomic mass is 10.4. The molecule has 0 amide bonds. The summed E-state index contributed by atoms with van der Waals surface area (Å²) in [6, 6.07) is 3.74. The second-order valence-corrected chi connectivity index (χ2v) is 3.54. The number of hydrogen-bond acceptors (Lipinski definition) is 3. The van der Waals surface area contributed by atoms with Gasteiger partial charge in [-0.15, -0.1) is 6.42 Å². The number of aliphatic imine (C=N–C) groups is 1. The van der Waals surface area contributed by atoms with Crippen molar-refractivity contribution in [2.24, 2.45) is 4.99 Å². The lowest BCUT2D eigenvalue weighted by Gasteiger charge is -2.09. The number of ether oxygens (including phenoxy) is 1. The van der Waals surface area contributed by atoms with Crippen molar-refractivity contribution < 1.29 is 9.15 Å². The van der Waals surface area contributed by atoms with Crippen molar-refractivity contribution in [2.75, 3.05) is 26.7 Å². The molecule has 0 saturated heterocycles. The highest BCUT2D eigenvalue weighted by molar-refractivity contribution is 5.79. The number of nitrogens with one attached hydrogen (secondary N) is 2.